The van der Waals surface area contributed by atoms with Gasteiger partial charge >= 0.3 is 5.97 Å². The van der Waals surface area contributed by atoms with Gasteiger partial charge in [-0.1, -0.05) is 12.8 Å². The van der Waals surface area contributed by atoms with E-state index in [-0.39, 0.29) is 18.9 Å². The molecule has 1 fully saturated rings. The molecule has 1 rings (SSSR count). The maximum Gasteiger partial charge on any atom is 0.323 e. The predicted octanol–water partition coefficient (Wildman–Crippen LogP) is 1.36. The molecule has 1 aliphatic rings. The third-order valence-electron chi connectivity index (χ3n) is 3.51. The molecule has 3 N–H and O–H groups in total. The van der Waals surface area contributed by atoms with Crippen molar-refractivity contribution in [3.63, 3.8) is 0 Å². The maximum atomic E-state index is 12.3. The van der Waals surface area contributed by atoms with Crippen molar-refractivity contribution in [2.45, 2.75) is 64.0 Å². The van der Waals surface area contributed by atoms with Crippen molar-refractivity contribution in [1.82, 2.24) is 4.90 Å². The maximum absolute atomic E-state index is 12.3. The minimum absolute atomic E-state index is 0.158. The molecule has 5 heteroatoms. The molecular weight excluding hydrogens is 232 g/mol. The third-order valence-corrected chi connectivity index (χ3v) is 3.51. The van der Waals surface area contributed by atoms with Crippen molar-refractivity contribution in [2.75, 3.05) is 6.54 Å². The molecule has 1 saturated carbocycles. The van der Waals surface area contributed by atoms with E-state index in [1.165, 1.54) is 4.90 Å². The normalized spacial score (nSPS) is 18.7. The fraction of sp³-hybridized carbons (Fsp3) is 0.846. The highest BCUT2D eigenvalue weighted by Gasteiger charge is 2.36. The first-order valence-electron chi connectivity index (χ1n) is 6.45. The fourth-order valence-corrected chi connectivity index (χ4v) is 2.49. The van der Waals surface area contributed by atoms with Gasteiger partial charge in [-0.2, -0.15) is 0 Å². The Morgan fingerprint density at radius 2 is 1.78 bits per heavy atom. The standard InChI is InChI=1S/C13H24N2O3/c1-12(2,3)15(9-11(17)18)10(16)8-13(14)6-4-5-7-13/h4-9,14H2,1-3H3,(H,17,18). The van der Waals surface area contributed by atoms with Gasteiger partial charge in [0.1, 0.15) is 6.54 Å². The number of nitrogens with two attached hydrogens (primary N) is 1. The summed E-state index contributed by atoms with van der Waals surface area (Å²) in [6, 6.07) is 0. The van der Waals surface area contributed by atoms with E-state index < -0.39 is 17.0 Å². The van der Waals surface area contributed by atoms with Crippen LogP contribution < -0.4 is 5.73 Å². The zero-order valence-corrected chi connectivity index (χ0v) is 11.5. The van der Waals surface area contributed by atoms with Crippen molar-refractivity contribution in [1.29, 1.82) is 0 Å². The Bertz CT molecular complexity index is 328. The molecule has 1 amide bonds. The molecule has 104 valence electrons. The summed E-state index contributed by atoms with van der Waals surface area (Å²) in [5.41, 5.74) is 5.25. The van der Waals surface area contributed by atoms with Crippen LogP contribution in [0, 0.1) is 0 Å². The van der Waals surface area contributed by atoms with Gasteiger partial charge in [0.15, 0.2) is 0 Å². The number of carboxylic acid groups (broad SMARTS) is 1. The number of carboxylic acids is 1. The molecular formula is C13H24N2O3. The van der Waals surface area contributed by atoms with Crippen LogP contribution in [-0.4, -0.2) is 39.5 Å². The van der Waals surface area contributed by atoms with Crippen LogP contribution in [0.3, 0.4) is 0 Å². The Morgan fingerprint density at radius 3 is 2.17 bits per heavy atom. The molecule has 0 aromatic carbocycles. The molecule has 1 aliphatic carbocycles. The fourth-order valence-electron chi connectivity index (χ4n) is 2.49. The van der Waals surface area contributed by atoms with E-state index in [1.807, 2.05) is 20.8 Å². The molecule has 0 atom stereocenters. The van der Waals surface area contributed by atoms with Crippen molar-refractivity contribution < 1.29 is 14.7 Å². The second-order valence-electron chi connectivity index (χ2n) is 6.29. The zero-order chi connectivity index (χ0) is 14.0. The summed E-state index contributed by atoms with van der Waals surface area (Å²) in [6.07, 6.45) is 4.06. The monoisotopic (exact) mass is 256 g/mol. The van der Waals surface area contributed by atoms with Crippen LogP contribution in [0.25, 0.3) is 0 Å². The minimum atomic E-state index is -0.990. The van der Waals surface area contributed by atoms with Gasteiger partial charge in [0.2, 0.25) is 5.91 Å². The van der Waals surface area contributed by atoms with Crippen LogP contribution in [0.1, 0.15) is 52.9 Å². The number of hydrogen-bond donors (Lipinski definition) is 2. The summed E-state index contributed by atoms with van der Waals surface area (Å²) in [4.78, 5) is 24.5. The molecule has 0 aromatic rings. The first kappa shape index (κ1) is 15.0. The van der Waals surface area contributed by atoms with Gasteiger partial charge in [-0.15, -0.1) is 0 Å². The number of rotatable bonds is 4. The van der Waals surface area contributed by atoms with Gasteiger partial charge in [-0.3, -0.25) is 9.59 Å². The molecule has 0 bridgehead atoms. The molecule has 0 unspecified atom stereocenters. The second-order valence-corrected chi connectivity index (χ2v) is 6.29. The van der Waals surface area contributed by atoms with E-state index >= 15 is 0 Å². The summed E-state index contributed by atoms with van der Waals surface area (Å²) in [7, 11) is 0. The lowest BCUT2D eigenvalue weighted by Crippen LogP contribution is -2.51. The molecule has 0 radical (unpaired) electrons. The van der Waals surface area contributed by atoms with Crippen molar-refractivity contribution in [3.8, 4) is 0 Å². The van der Waals surface area contributed by atoms with E-state index in [0.717, 1.165) is 25.7 Å². The number of carbonyl (C=O) groups is 2. The van der Waals surface area contributed by atoms with Crippen LogP contribution in [0.15, 0.2) is 0 Å². The number of amides is 1. The van der Waals surface area contributed by atoms with E-state index in [2.05, 4.69) is 0 Å². The summed E-state index contributed by atoms with van der Waals surface area (Å²) in [6.45, 7) is 5.25. The lowest BCUT2D eigenvalue weighted by Gasteiger charge is -2.36. The first-order valence-corrected chi connectivity index (χ1v) is 6.45. The Morgan fingerprint density at radius 1 is 1.28 bits per heavy atom. The van der Waals surface area contributed by atoms with E-state index in [9.17, 15) is 9.59 Å². The van der Waals surface area contributed by atoms with Crippen LogP contribution in [0.2, 0.25) is 0 Å². The summed E-state index contributed by atoms with van der Waals surface area (Å²) >= 11 is 0. The Balaban J connectivity index is 2.73. The number of hydrogen-bond acceptors (Lipinski definition) is 3. The minimum Gasteiger partial charge on any atom is -0.480 e. The van der Waals surface area contributed by atoms with Crippen LogP contribution >= 0.6 is 0 Å². The number of carbonyl (C=O) groups excluding carboxylic acids is 1. The smallest absolute Gasteiger partial charge is 0.323 e. The number of nitrogens with zero attached hydrogens (tertiary/aromatic N) is 1. The number of aliphatic carboxylic acids is 1. The van der Waals surface area contributed by atoms with Gasteiger partial charge in [-0.25, -0.2) is 0 Å². The Kier molecular flexibility index (Phi) is 4.37. The topological polar surface area (TPSA) is 83.6 Å². The summed E-state index contributed by atoms with van der Waals surface area (Å²) < 4.78 is 0. The van der Waals surface area contributed by atoms with E-state index in [4.69, 9.17) is 10.8 Å². The quantitative estimate of drug-likeness (QED) is 0.795. The lowest BCUT2D eigenvalue weighted by atomic mass is 9.92. The zero-order valence-electron chi connectivity index (χ0n) is 11.5. The lowest BCUT2D eigenvalue weighted by molar-refractivity contribution is -0.148. The second kappa shape index (κ2) is 5.26. The molecule has 0 heterocycles. The van der Waals surface area contributed by atoms with Gasteiger partial charge in [0, 0.05) is 17.5 Å². The van der Waals surface area contributed by atoms with E-state index in [1.54, 1.807) is 0 Å². The van der Waals surface area contributed by atoms with Gasteiger partial charge < -0.3 is 15.7 Å². The highest BCUT2D eigenvalue weighted by molar-refractivity contribution is 5.82. The van der Waals surface area contributed by atoms with E-state index in [0.29, 0.717) is 0 Å². The molecule has 0 saturated heterocycles. The highest BCUT2D eigenvalue weighted by Crippen LogP contribution is 2.31. The molecule has 0 aromatic heterocycles. The molecule has 0 spiro atoms. The van der Waals surface area contributed by atoms with Gasteiger partial charge in [0.25, 0.3) is 0 Å². The average molecular weight is 256 g/mol. The van der Waals surface area contributed by atoms with Crippen LogP contribution in [0.5, 0.6) is 0 Å². The van der Waals surface area contributed by atoms with Crippen molar-refractivity contribution in [2.24, 2.45) is 5.73 Å². The molecule has 0 aliphatic heterocycles. The first-order chi connectivity index (χ1) is 8.14. The Hall–Kier alpha value is -1.10. The summed E-state index contributed by atoms with van der Waals surface area (Å²) in [5.74, 6) is -1.15. The Labute approximate surface area is 108 Å². The highest BCUT2D eigenvalue weighted by atomic mass is 16.4. The van der Waals surface area contributed by atoms with Crippen LogP contribution in [0.4, 0.5) is 0 Å². The van der Waals surface area contributed by atoms with Crippen LogP contribution in [-0.2, 0) is 9.59 Å². The molecule has 5 nitrogen and oxygen atoms in total. The van der Waals surface area contributed by atoms with Crippen molar-refractivity contribution >= 4 is 11.9 Å². The third kappa shape index (κ3) is 3.98. The van der Waals surface area contributed by atoms with Gasteiger partial charge in [-0.05, 0) is 33.6 Å². The largest absolute Gasteiger partial charge is 0.480 e. The molecule has 18 heavy (non-hydrogen) atoms. The van der Waals surface area contributed by atoms with Crippen molar-refractivity contribution in [3.05, 3.63) is 0 Å². The van der Waals surface area contributed by atoms with Gasteiger partial charge in [0.05, 0.1) is 0 Å². The summed E-state index contributed by atoms with van der Waals surface area (Å²) in [5, 5.41) is 8.90. The average Bonchev–Trinajstić information content (AvgIpc) is 2.59. The SMILES string of the molecule is CC(C)(C)N(CC(=O)O)C(=O)CC1(N)CCCC1. The predicted molar refractivity (Wildman–Crippen MR) is 69.1 cm³/mol.